The Morgan fingerprint density at radius 1 is 0.714 bits per heavy atom. The van der Waals surface area contributed by atoms with Gasteiger partial charge in [0, 0.05) is 0 Å². The topological polar surface area (TPSA) is 0 Å². The molecule has 0 aromatic rings. The van der Waals surface area contributed by atoms with Crippen LogP contribution in [0.2, 0.25) is 0 Å². The molecule has 1 aliphatic carbocycles. The van der Waals surface area contributed by atoms with Gasteiger partial charge in [-0.1, -0.05) is 54.4 Å². The van der Waals surface area contributed by atoms with Crippen LogP contribution in [0, 0.1) is 23.7 Å². The van der Waals surface area contributed by atoms with E-state index in [-0.39, 0.29) is 0 Å². The maximum Gasteiger partial charge on any atom is -0.0438 e. The molecule has 0 aromatic carbocycles. The van der Waals surface area contributed by atoms with Crippen molar-refractivity contribution in [2.75, 3.05) is 0 Å². The first-order valence-electron chi connectivity index (χ1n) is 6.41. The van der Waals surface area contributed by atoms with Crippen LogP contribution in [0.1, 0.15) is 67.2 Å². The van der Waals surface area contributed by atoms with Gasteiger partial charge in [-0.25, -0.2) is 0 Å². The summed E-state index contributed by atoms with van der Waals surface area (Å²) >= 11 is 0. The van der Waals surface area contributed by atoms with Gasteiger partial charge >= 0.3 is 0 Å². The van der Waals surface area contributed by atoms with Crippen LogP contribution in [0.5, 0.6) is 0 Å². The minimum Gasteiger partial charge on any atom is -0.0630 e. The van der Waals surface area contributed by atoms with Gasteiger partial charge in [0.15, 0.2) is 0 Å². The maximum atomic E-state index is 2.40. The second kappa shape index (κ2) is 7.31. The zero-order valence-electron chi connectivity index (χ0n) is 11.1. The second-order valence-electron chi connectivity index (χ2n) is 6.10. The second-order valence-corrected chi connectivity index (χ2v) is 6.10. The van der Waals surface area contributed by atoms with Crippen LogP contribution < -0.4 is 0 Å². The summed E-state index contributed by atoms with van der Waals surface area (Å²) in [7, 11) is 0. The van der Waals surface area contributed by atoms with Gasteiger partial charge in [-0.3, -0.25) is 0 Å². The lowest BCUT2D eigenvalue weighted by Gasteiger charge is -2.11. The Balaban J connectivity index is 0.000000364. The van der Waals surface area contributed by atoms with Crippen molar-refractivity contribution in [2.24, 2.45) is 23.7 Å². The van der Waals surface area contributed by atoms with E-state index in [0.717, 1.165) is 23.7 Å². The lowest BCUT2D eigenvalue weighted by Crippen LogP contribution is -1.99. The fraction of sp³-hybridized carbons (Fsp3) is 1.00. The molecule has 1 aliphatic rings. The van der Waals surface area contributed by atoms with Crippen LogP contribution in [0.3, 0.4) is 0 Å². The minimum atomic E-state index is 0.833. The average Bonchev–Trinajstić information content (AvgIpc) is 2.10. The Kier molecular flexibility index (Phi) is 7.31. The zero-order chi connectivity index (χ0) is 11.1. The van der Waals surface area contributed by atoms with E-state index in [9.17, 15) is 0 Å². The molecule has 0 saturated heterocycles. The highest BCUT2D eigenvalue weighted by Gasteiger charge is 2.17. The fourth-order valence-corrected chi connectivity index (χ4v) is 2.27. The van der Waals surface area contributed by atoms with Crippen molar-refractivity contribution in [1.82, 2.24) is 0 Å². The third kappa shape index (κ3) is 8.59. The van der Waals surface area contributed by atoms with E-state index >= 15 is 0 Å². The highest BCUT2D eigenvalue weighted by Crippen LogP contribution is 2.30. The molecule has 1 fully saturated rings. The highest BCUT2D eigenvalue weighted by atomic mass is 14.2. The molecule has 0 nitrogen and oxygen atoms in total. The maximum absolute atomic E-state index is 2.40. The number of rotatable bonds is 0. The van der Waals surface area contributed by atoms with E-state index in [1.54, 1.807) is 0 Å². The molecule has 2 unspecified atom stereocenters. The molecule has 0 N–H and O–H groups in total. The standard InChI is InChI=1S/C10H20.C4H10/c1-8-4-5-9(2)7-10(3)6-8;1-4(2)3/h8-10H,4-7H2,1-3H3;4H,1-3H3. The van der Waals surface area contributed by atoms with Crippen LogP contribution in [-0.4, -0.2) is 0 Å². The van der Waals surface area contributed by atoms with Crippen molar-refractivity contribution in [3.63, 3.8) is 0 Å². The lowest BCUT2D eigenvalue weighted by molar-refractivity contribution is 0.404. The molecule has 0 spiro atoms. The molecule has 0 heterocycles. The van der Waals surface area contributed by atoms with E-state index in [1.165, 1.54) is 25.7 Å². The summed E-state index contributed by atoms with van der Waals surface area (Å²) in [6.45, 7) is 13.7. The van der Waals surface area contributed by atoms with Crippen molar-refractivity contribution in [3.8, 4) is 0 Å². The van der Waals surface area contributed by atoms with E-state index in [1.807, 2.05) is 0 Å². The SMILES string of the molecule is CC(C)C.CC1CCC(C)CC(C)C1. The molecule has 0 heteroatoms. The lowest BCUT2D eigenvalue weighted by atomic mass is 9.95. The van der Waals surface area contributed by atoms with Gasteiger partial charge in [0.1, 0.15) is 0 Å². The third-order valence-electron chi connectivity index (χ3n) is 2.76. The molecule has 0 bridgehead atoms. The van der Waals surface area contributed by atoms with Gasteiger partial charge in [-0.05, 0) is 36.5 Å². The predicted molar refractivity (Wildman–Crippen MR) is 66.5 cm³/mol. The van der Waals surface area contributed by atoms with Gasteiger partial charge < -0.3 is 0 Å². The molecule has 0 radical (unpaired) electrons. The molecule has 0 aromatic heterocycles. The normalized spacial score (nSPS) is 33.2. The van der Waals surface area contributed by atoms with E-state index in [0.29, 0.717) is 0 Å². The number of hydrogen-bond acceptors (Lipinski definition) is 0. The van der Waals surface area contributed by atoms with Gasteiger partial charge in [-0.15, -0.1) is 0 Å². The van der Waals surface area contributed by atoms with Crippen molar-refractivity contribution < 1.29 is 0 Å². The Bertz CT molecular complexity index is 111. The number of hydrogen-bond donors (Lipinski definition) is 0. The van der Waals surface area contributed by atoms with E-state index in [2.05, 4.69) is 41.5 Å². The van der Waals surface area contributed by atoms with Crippen LogP contribution in [0.15, 0.2) is 0 Å². The molecule has 1 rings (SSSR count). The highest BCUT2D eigenvalue weighted by molar-refractivity contribution is 4.69. The quantitative estimate of drug-likeness (QED) is 0.473. The van der Waals surface area contributed by atoms with Gasteiger partial charge in [0.2, 0.25) is 0 Å². The molecule has 86 valence electrons. The van der Waals surface area contributed by atoms with E-state index in [4.69, 9.17) is 0 Å². The first kappa shape index (κ1) is 14.0. The Morgan fingerprint density at radius 3 is 1.29 bits per heavy atom. The Hall–Kier alpha value is 0. The van der Waals surface area contributed by atoms with E-state index < -0.39 is 0 Å². The largest absolute Gasteiger partial charge is 0.0630 e. The predicted octanol–water partition coefficient (Wildman–Crippen LogP) is 5.13. The van der Waals surface area contributed by atoms with Crippen LogP contribution in [-0.2, 0) is 0 Å². The molecular weight excluding hydrogens is 168 g/mol. The monoisotopic (exact) mass is 198 g/mol. The molecule has 14 heavy (non-hydrogen) atoms. The van der Waals surface area contributed by atoms with Gasteiger partial charge in [0.25, 0.3) is 0 Å². The molecule has 0 aliphatic heterocycles. The summed E-state index contributed by atoms with van der Waals surface area (Å²) in [6.07, 6.45) is 5.85. The molecule has 1 saturated carbocycles. The van der Waals surface area contributed by atoms with Crippen LogP contribution in [0.25, 0.3) is 0 Å². The molecular formula is C14H30. The third-order valence-corrected chi connectivity index (χ3v) is 2.76. The molecule has 0 amide bonds. The summed E-state index contributed by atoms with van der Waals surface area (Å²) in [5, 5.41) is 0. The Morgan fingerprint density at radius 2 is 1.00 bits per heavy atom. The fourth-order valence-electron chi connectivity index (χ4n) is 2.27. The van der Waals surface area contributed by atoms with Crippen molar-refractivity contribution in [2.45, 2.75) is 67.2 Å². The smallest absolute Gasteiger partial charge is 0.0438 e. The first-order valence-corrected chi connectivity index (χ1v) is 6.41. The zero-order valence-corrected chi connectivity index (χ0v) is 11.1. The minimum absolute atomic E-state index is 0.833. The molecule has 2 atom stereocenters. The van der Waals surface area contributed by atoms with Gasteiger partial charge in [0.05, 0.1) is 0 Å². The Labute approximate surface area is 91.5 Å². The first-order chi connectivity index (χ1) is 6.41. The summed E-state index contributed by atoms with van der Waals surface area (Å²) in [5.74, 6) is 3.78. The van der Waals surface area contributed by atoms with Crippen molar-refractivity contribution in [3.05, 3.63) is 0 Å². The average molecular weight is 198 g/mol. The van der Waals surface area contributed by atoms with Crippen molar-refractivity contribution >= 4 is 0 Å². The van der Waals surface area contributed by atoms with Crippen LogP contribution in [0.4, 0.5) is 0 Å². The summed E-state index contributed by atoms with van der Waals surface area (Å²) in [4.78, 5) is 0. The van der Waals surface area contributed by atoms with Crippen LogP contribution >= 0.6 is 0 Å². The van der Waals surface area contributed by atoms with Gasteiger partial charge in [-0.2, -0.15) is 0 Å². The summed E-state index contributed by atoms with van der Waals surface area (Å²) in [5.41, 5.74) is 0. The summed E-state index contributed by atoms with van der Waals surface area (Å²) < 4.78 is 0. The summed E-state index contributed by atoms with van der Waals surface area (Å²) in [6, 6.07) is 0. The van der Waals surface area contributed by atoms with Crippen molar-refractivity contribution in [1.29, 1.82) is 0 Å².